The van der Waals surface area contributed by atoms with Gasteiger partial charge in [0.2, 0.25) is 0 Å². The van der Waals surface area contributed by atoms with Crippen molar-refractivity contribution in [3.63, 3.8) is 0 Å². The first-order valence-corrected chi connectivity index (χ1v) is 4.86. The summed E-state index contributed by atoms with van der Waals surface area (Å²) < 4.78 is 4.61. The molecule has 3 nitrogen and oxygen atoms in total. The summed E-state index contributed by atoms with van der Waals surface area (Å²) in [7, 11) is 1.36. The van der Waals surface area contributed by atoms with Crippen LogP contribution in [0.4, 0.5) is 0 Å². The molecule has 72 valence electrons. The molecule has 1 heterocycles. The lowest BCUT2D eigenvalue weighted by Crippen LogP contribution is -2.08. The van der Waals surface area contributed by atoms with Crippen molar-refractivity contribution in [3.8, 4) is 0 Å². The van der Waals surface area contributed by atoms with E-state index in [0.29, 0.717) is 11.3 Å². The molecule has 0 saturated carbocycles. The second kappa shape index (κ2) is 4.39. The summed E-state index contributed by atoms with van der Waals surface area (Å²) >= 11 is 1.34. The molecule has 0 aliphatic rings. The van der Waals surface area contributed by atoms with Crippen LogP contribution in [-0.4, -0.2) is 24.3 Å². The molecular weight excluding hydrogens is 188 g/mol. The second-order valence-corrected chi connectivity index (χ2v) is 3.74. The highest BCUT2D eigenvalue weighted by Gasteiger charge is 2.14. The molecule has 13 heavy (non-hydrogen) atoms. The Bertz CT molecular complexity index is 291. The molecule has 0 amide bonds. The van der Waals surface area contributed by atoms with Crippen LogP contribution in [0.15, 0.2) is 11.4 Å². The van der Waals surface area contributed by atoms with Gasteiger partial charge in [0.05, 0.1) is 13.2 Å². The van der Waals surface area contributed by atoms with Crippen LogP contribution >= 0.6 is 11.3 Å². The van der Waals surface area contributed by atoms with Crippen LogP contribution in [-0.2, 0) is 11.2 Å². The monoisotopic (exact) mass is 200 g/mol. The largest absolute Gasteiger partial charge is 0.465 e. The summed E-state index contributed by atoms with van der Waals surface area (Å²) in [5, 5.41) is 11.0. The smallest absolute Gasteiger partial charge is 0.348 e. The highest BCUT2D eigenvalue weighted by molar-refractivity contribution is 7.12. The molecule has 1 aromatic heterocycles. The van der Waals surface area contributed by atoms with Gasteiger partial charge < -0.3 is 9.84 Å². The maximum absolute atomic E-state index is 11.2. The molecule has 0 aromatic carbocycles. The van der Waals surface area contributed by atoms with Gasteiger partial charge in [-0.25, -0.2) is 4.79 Å². The van der Waals surface area contributed by atoms with Crippen molar-refractivity contribution in [3.05, 3.63) is 21.9 Å². The van der Waals surface area contributed by atoms with Gasteiger partial charge in [0.1, 0.15) is 4.88 Å². The predicted octanol–water partition coefficient (Wildman–Crippen LogP) is 1.46. The fourth-order valence-electron chi connectivity index (χ4n) is 1.09. The lowest BCUT2D eigenvalue weighted by Gasteiger charge is -2.03. The van der Waals surface area contributed by atoms with Crippen molar-refractivity contribution >= 4 is 17.3 Å². The first-order chi connectivity index (χ1) is 6.15. The summed E-state index contributed by atoms with van der Waals surface area (Å²) in [4.78, 5) is 11.8. The predicted molar refractivity (Wildman–Crippen MR) is 51.0 cm³/mol. The lowest BCUT2D eigenvalue weighted by molar-refractivity contribution is 0.0604. The Hall–Kier alpha value is -0.870. The number of hydrogen-bond acceptors (Lipinski definition) is 4. The molecule has 0 radical (unpaired) electrons. The van der Waals surface area contributed by atoms with Crippen LogP contribution in [0, 0.1) is 0 Å². The van der Waals surface area contributed by atoms with Gasteiger partial charge in [0.15, 0.2) is 0 Å². The molecule has 1 aromatic rings. The summed E-state index contributed by atoms with van der Waals surface area (Å²) in [6.45, 7) is 1.69. The highest BCUT2D eigenvalue weighted by atomic mass is 32.1. The number of carbonyl (C=O) groups is 1. The summed E-state index contributed by atoms with van der Waals surface area (Å²) in [6, 6.07) is 1.84. The SMILES string of the molecule is COC(=O)c1sccc1CC(C)O. The quantitative estimate of drug-likeness (QED) is 0.751. The molecule has 0 spiro atoms. The molecule has 1 atom stereocenters. The average molecular weight is 200 g/mol. The van der Waals surface area contributed by atoms with Crippen LogP contribution < -0.4 is 0 Å². The Labute approximate surface area is 81.0 Å². The average Bonchev–Trinajstić information content (AvgIpc) is 2.50. The Morgan fingerprint density at radius 2 is 2.46 bits per heavy atom. The van der Waals surface area contributed by atoms with Crippen molar-refractivity contribution in [2.75, 3.05) is 7.11 Å². The molecule has 1 unspecified atom stereocenters. The lowest BCUT2D eigenvalue weighted by atomic mass is 10.1. The van der Waals surface area contributed by atoms with Gasteiger partial charge in [0.25, 0.3) is 0 Å². The number of aliphatic hydroxyl groups excluding tert-OH is 1. The minimum atomic E-state index is -0.432. The molecule has 0 bridgehead atoms. The molecule has 0 saturated heterocycles. The summed E-state index contributed by atoms with van der Waals surface area (Å²) in [5.74, 6) is -0.328. The van der Waals surface area contributed by atoms with E-state index in [0.717, 1.165) is 5.56 Å². The second-order valence-electron chi connectivity index (χ2n) is 2.82. The van der Waals surface area contributed by atoms with Crippen molar-refractivity contribution in [1.29, 1.82) is 0 Å². The highest BCUT2D eigenvalue weighted by Crippen LogP contribution is 2.19. The molecular formula is C9H12O3S. The molecule has 4 heteroatoms. The van der Waals surface area contributed by atoms with Gasteiger partial charge in [-0.3, -0.25) is 0 Å². The number of methoxy groups -OCH3 is 1. The standard InChI is InChI=1S/C9H12O3S/c1-6(10)5-7-3-4-13-8(7)9(11)12-2/h3-4,6,10H,5H2,1-2H3. The number of aliphatic hydroxyl groups is 1. The van der Waals surface area contributed by atoms with Crippen LogP contribution in [0.25, 0.3) is 0 Å². The fraction of sp³-hybridized carbons (Fsp3) is 0.444. The topological polar surface area (TPSA) is 46.5 Å². The molecule has 0 aliphatic carbocycles. The Kier molecular flexibility index (Phi) is 3.45. The van der Waals surface area contributed by atoms with Gasteiger partial charge in [-0.05, 0) is 30.4 Å². The van der Waals surface area contributed by atoms with E-state index >= 15 is 0 Å². The molecule has 0 fully saturated rings. The zero-order chi connectivity index (χ0) is 9.84. The third-order valence-electron chi connectivity index (χ3n) is 1.63. The fourth-order valence-corrected chi connectivity index (χ4v) is 1.94. The zero-order valence-corrected chi connectivity index (χ0v) is 8.43. The Morgan fingerprint density at radius 3 is 3.00 bits per heavy atom. The van der Waals surface area contributed by atoms with E-state index in [2.05, 4.69) is 4.74 Å². The number of thiophene rings is 1. The maximum Gasteiger partial charge on any atom is 0.348 e. The Balaban J connectivity index is 2.83. The number of ether oxygens (including phenoxy) is 1. The minimum absolute atomic E-state index is 0.328. The van der Waals surface area contributed by atoms with E-state index in [1.807, 2.05) is 11.4 Å². The zero-order valence-electron chi connectivity index (χ0n) is 7.61. The first-order valence-electron chi connectivity index (χ1n) is 3.98. The van der Waals surface area contributed by atoms with Gasteiger partial charge in [-0.15, -0.1) is 11.3 Å². The van der Waals surface area contributed by atoms with E-state index in [-0.39, 0.29) is 5.97 Å². The summed E-state index contributed by atoms with van der Waals surface area (Å²) in [5.41, 5.74) is 0.854. The van der Waals surface area contributed by atoms with Crippen LogP contribution in [0.5, 0.6) is 0 Å². The molecule has 1 N–H and O–H groups in total. The van der Waals surface area contributed by atoms with Crippen molar-refractivity contribution in [2.45, 2.75) is 19.4 Å². The van der Waals surface area contributed by atoms with Gasteiger partial charge in [0, 0.05) is 0 Å². The minimum Gasteiger partial charge on any atom is -0.465 e. The Morgan fingerprint density at radius 1 is 1.77 bits per heavy atom. The van der Waals surface area contributed by atoms with Crippen molar-refractivity contribution in [1.82, 2.24) is 0 Å². The van der Waals surface area contributed by atoms with Gasteiger partial charge in [-0.2, -0.15) is 0 Å². The van der Waals surface area contributed by atoms with E-state index < -0.39 is 6.10 Å². The molecule has 0 aliphatic heterocycles. The normalized spacial score (nSPS) is 12.5. The van der Waals surface area contributed by atoms with E-state index in [4.69, 9.17) is 5.11 Å². The van der Waals surface area contributed by atoms with Crippen LogP contribution in [0.3, 0.4) is 0 Å². The number of hydrogen-bond donors (Lipinski definition) is 1. The van der Waals surface area contributed by atoms with E-state index in [9.17, 15) is 4.79 Å². The number of rotatable bonds is 3. The van der Waals surface area contributed by atoms with Gasteiger partial charge in [-0.1, -0.05) is 0 Å². The summed E-state index contributed by atoms with van der Waals surface area (Å²) in [6.07, 6.45) is 0.0616. The van der Waals surface area contributed by atoms with E-state index in [1.54, 1.807) is 6.92 Å². The first kappa shape index (κ1) is 10.2. The van der Waals surface area contributed by atoms with Gasteiger partial charge >= 0.3 is 5.97 Å². The third kappa shape index (κ3) is 2.54. The third-order valence-corrected chi connectivity index (χ3v) is 2.57. The molecule has 1 rings (SSSR count). The van der Waals surface area contributed by atoms with Crippen LogP contribution in [0.2, 0.25) is 0 Å². The van der Waals surface area contributed by atoms with Crippen LogP contribution in [0.1, 0.15) is 22.2 Å². The van der Waals surface area contributed by atoms with Crippen molar-refractivity contribution in [2.24, 2.45) is 0 Å². The number of carbonyl (C=O) groups excluding carboxylic acids is 1. The van der Waals surface area contributed by atoms with Crippen molar-refractivity contribution < 1.29 is 14.6 Å². The number of esters is 1. The van der Waals surface area contributed by atoms with E-state index in [1.165, 1.54) is 18.4 Å². The maximum atomic E-state index is 11.2.